The van der Waals surface area contributed by atoms with Crippen LogP contribution in [0.1, 0.15) is 41.7 Å². The van der Waals surface area contributed by atoms with E-state index >= 15 is 0 Å². The van der Waals surface area contributed by atoms with Crippen molar-refractivity contribution in [2.75, 3.05) is 32.8 Å². The molecule has 1 aliphatic carbocycles. The van der Waals surface area contributed by atoms with E-state index in [0.29, 0.717) is 25.0 Å². The molecule has 1 aromatic carbocycles. The lowest BCUT2D eigenvalue weighted by molar-refractivity contribution is -0.00126. The van der Waals surface area contributed by atoms with Crippen LogP contribution in [-0.4, -0.2) is 70.9 Å². The van der Waals surface area contributed by atoms with E-state index in [9.17, 15) is 4.79 Å². The first-order valence-corrected chi connectivity index (χ1v) is 13.8. The molecule has 190 valence electrons. The maximum absolute atomic E-state index is 12.8. The second-order valence-corrected chi connectivity index (χ2v) is 10.9. The Morgan fingerprint density at radius 1 is 1.06 bits per heavy atom. The van der Waals surface area contributed by atoms with Crippen LogP contribution in [-0.2, 0) is 29.0 Å². The van der Waals surface area contributed by atoms with Crippen molar-refractivity contribution >= 4 is 27.6 Å². The summed E-state index contributed by atoms with van der Waals surface area (Å²) in [4.78, 5) is 28.5. The number of rotatable bonds is 5. The molecule has 0 unspecified atom stereocenters. The summed E-state index contributed by atoms with van der Waals surface area (Å²) < 4.78 is 17.6. The highest BCUT2D eigenvalue weighted by Gasteiger charge is 2.31. The number of aromatic nitrogens is 2. The molecule has 0 bridgehead atoms. The predicted octanol–water partition coefficient (Wildman–Crippen LogP) is 4.41. The van der Waals surface area contributed by atoms with Gasteiger partial charge in [-0.25, -0.2) is 14.8 Å². The fourth-order valence-corrected chi connectivity index (χ4v) is 6.70. The van der Waals surface area contributed by atoms with Gasteiger partial charge in [0.25, 0.3) is 0 Å². The van der Waals surface area contributed by atoms with E-state index in [4.69, 9.17) is 14.2 Å². The largest absolute Gasteiger partial charge is 0.474 e. The van der Waals surface area contributed by atoms with Crippen molar-refractivity contribution < 1.29 is 19.0 Å². The van der Waals surface area contributed by atoms with Gasteiger partial charge in [-0.15, -0.1) is 11.3 Å². The van der Waals surface area contributed by atoms with Gasteiger partial charge < -0.3 is 19.1 Å². The van der Waals surface area contributed by atoms with E-state index in [2.05, 4.69) is 14.9 Å². The van der Waals surface area contributed by atoms with Crippen LogP contribution in [0.25, 0.3) is 10.2 Å². The normalized spacial score (nSPS) is 22.8. The van der Waals surface area contributed by atoms with Crippen LogP contribution in [0.2, 0.25) is 0 Å². The van der Waals surface area contributed by atoms with Crippen molar-refractivity contribution in [1.82, 2.24) is 19.8 Å². The Labute approximate surface area is 215 Å². The second kappa shape index (κ2) is 10.7. The second-order valence-electron chi connectivity index (χ2n) is 9.77. The van der Waals surface area contributed by atoms with Crippen LogP contribution in [0.3, 0.4) is 0 Å². The lowest BCUT2D eigenvalue weighted by atomic mass is 9.91. The van der Waals surface area contributed by atoms with Crippen LogP contribution >= 0.6 is 11.3 Å². The molecule has 9 heteroatoms. The Morgan fingerprint density at radius 2 is 1.86 bits per heavy atom. The van der Waals surface area contributed by atoms with E-state index in [0.717, 1.165) is 79.8 Å². The number of thiophene rings is 1. The van der Waals surface area contributed by atoms with Crippen molar-refractivity contribution in [3.63, 3.8) is 0 Å². The Kier molecular flexibility index (Phi) is 7.03. The van der Waals surface area contributed by atoms with Gasteiger partial charge in [-0.1, -0.05) is 30.3 Å². The number of ether oxygens (including phenoxy) is 3. The van der Waals surface area contributed by atoms with Gasteiger partial charge in [-0.05, 0) is 37.7 Å². The number of carbonyl (C=O) groups excluding carboxylic acids is 1. The minimum Gasteiger partial charge on any atom is -0.474 e. The zero-order valence-electron chi connectivity index (χ0n) is 20.4. The summed E-state index contributed by atoms with van der Waals surface area (Å²) in [7, 11) is 0. The summed E-state index contributed by atoms with van der Waals surface area (Å²) >= 11 is 1.69. The zero-order chi connectivity index (χ0) is 24.3. The van der Waals surface area contributed by atoms with Crippen molar-refractivity contribution in [2.45, 2.75) is 57.4 Å². The molecule has 6 rings (SSSR count). The third-order valence-electron chi connectivity index (χ3n) is 7.54. The molecule has 2 aliphatic heterocycles. The highest BCUT2D eigenvalue weighted by Crippen LogP contribution is 2.39. The first kappa shape index (κ1) is 23.6. The number of hydrogen-bond donors (Lipinski definition) is 0. The number of hydrogen-bond acceptors (Lipinski definition) is 8. The molecule has 3 aromatic rings. The summed E-state index contributed by atoms with van der Waals surface area (Å²) in [5.74, 6) is 0.659. The summed E-state index contributed by atoms with van der Waals surface area (Å²) in [5.41, 5.74) is 2.09. The number of benzene rings is 1. The summed E-state index contributed by atoms with van der Waals surface area (Å²) in [6.07, 6.45) is 6.60. The third-order valence-corrected chi connectivity index (χ3v) is 8.74. The molecule has 3 aliphatic rings. The van der Waals surface area contributed by atoms with E-state index in [-0.39, 0.29) is 18.8 Å². The fourth-order valence-electron chi connectivity index (χ4n) is 5.57. The van der Waals surface area contributed by atoms with E-state index < -0.39 is 0 Å². The van der Waals surface area contributed by atoms with Gasteiger partial charge in [0, 0.05) is 36.1 Å². The molecular formula is C27H32N4O4S. The third kappa shape index (κ3) is 5.05. The fraction of sp³-hybridized carbons (Fsp3) is 0.519. The SMILES string of the molecule is O=C(OCc1ccccc1)N1CCc2sc3ncnc(OC4CCC(N5CCOCC5)CC4)c3c2C1. The van der Waals surface area contributed by atoms with Crippen molar-refractivity contribution in [3.05, 3.63) is 52.7 Å². The number of nitrogens with zero attached hydrogens (tertiary/aromatic N) is 4. The molecule has 1 amide bonds. The molecule has 1 saturated heterocycles. The number of carbonyl (C=O) groups is 1. The predicted molar refractivity (Wildman–Crippen MR) is 137 cm³/mol. The molecule has 0 atom stereocenters. The van der Waals surface area contributed by atoms with Gasteiger partial charge in [0.2, 0.25) is 5.88 Å². The van der Waals surface area contributed by atoms with Crippen LogP contribution in [0.15, 0.2) is 36.7 Å². The molecule has 8 nitrogen and oxygen atoms in total. The van der Waals surface area contributed by atoms with Crippen molar-refractivity contribution in [1.29, 1.82) is 0 Å². The molecule has 2 aromatic heterocycles. The van der Waals surface area contributed by atoms with E-state index in [1.54, 1.807) is 22.6 Å². The summed E-state index contributed by atoms with van der Waals surface area (Å²) in [6, 6.07) is 10.4. The maximum Gasteiger partial charge on any atom is 0.410 e. The standard InChI is InChI=1S/C27H32N4O4S/c32-27(34-17-19-4-2-1-3-5-19)31-11-10-23-22(16-31)24-25(28-18-29-26(24)36-23)35-21-8-6-20(7-9-21)30-12-14-33-15-13-30/h1-5,18,20-21H,6-17H2. The molecule has 2 fully saturated rings. The lowest BCUT2D eigenvalue weighted by Crippen LogP contribution is -2.46. The minimum absolute atomic E-state index is 0.159. The van der Waals surface area contributed by atoms with Crippen molar-refractivity contribution in [2.24, 2.45) is 0 Å². The van der Waals surface area contributed by atoms with Gasteiger partial charge in [0.15, 0.2) is 0 Å². The van der Waals surface area contributed by atoms with E-state index in [1.165, 1.54) is 4.88 Å². The highest BCUT2D eigenvalue weighted by molar-refractivity contribution is 7.18. The van der Waals surface area contributed by atoms with Gasteiger partial charge in [-0.3, -0.25) is 4.90 Å². The van der Waals surface area contributed by atoms with Gasteiger partial charge >= 0.3 is 6.09 Å². The maximum atomic E-state index is 12.8. The first-order valence-electron chi connectivity index (χ1n) is 12.9. The molecule has 1 saturated carbocycles. The topological polar surface area (TPSA) is 77.0 Å². The molecular weight excluding hydrogens is 476 g/mol. The molecule has 4 heterocycles. The molecule has 0 spiro atoms. The van der Waals surface area contributed by atoms with Gasteiger partial charge in [0.05, 0.1) is 25.1 Å². The average Bonchev–Trinajstić information content (AvgIpc) is 3.32. The number of amides is 1. The summed E-state index contributed by atoms with van der Waals surface area (Å²) in [6.45, 7) is 5.17. The van der Waals surface area contributed by atoms with Gasteiger partial charge in [-0.2, -0.15) is 0 Å². The van der Waals surface area contributed by atoms with E-state index in [1.807, 2.05) is 30.3 Å². The monoisotopic (exact) mass is 508 g/mol. The quantitative estimate of drug-likeness (QED) is 0.505. The van der Waals surface area contributed by atoms with Crippen LogP contribution in [0, 0.1) is 0 Å². The molecule has 36 heavy (non-hydrogen) atoms. The summed E-state index contributed by atoms with van der Waals surface area (Å²) in [5, 5.41) is 0.966. The van der Waals surface area contributed by atoms with Crippen molar-refractivity contribution in [3.8, 4) is 5.88 Å². The Morgan fingerprint density at radius 3 is 2.67 bits per heavy atom. The molecule has 0 N–H and O–H groups in total. The van der Waals surface area contributed by atoms with Crippen LogP contribution in [0.5, 0.6) is 5.88 Å². The first-order chi connectivity index (χ1) is 17.7. The van der Waals surface area contributed by atoms with Crippen LogP contribution < -0.4 is 4.74 Å². The Balaban J connectivity index is 1.13. The number of fused-ring (bicyclic) bond motifs is 3. The highest BCUT2D eigenvalue weighted by atomic mass is 32.1. The van der Waals surface area contributed by atoms with Crippen LogP contribution in [0.4, 0.5) is 4.79 Å². The zero-order valence-corrected chi connectivity index (χ0v) is 21.3. The molecule has 0 radical (unpaired) electrons. The van der Waals surface area contributed by atoms with Gasteiger partial charge in [0.1, 0.15) is 23.9 Å². The smallest absolute Gasteiger partial charge is 0.410 e. The average molecular weight is 509 g/mol. The minimum atomic E-state index is -0.287. The lowest BCUT2D eigenvalue weighted by Gasteiger charge is -2.38. The number of morpholine rings is 1. The Hall–Kier alpha value is -2.75. The Bertz CT molecular complexity index is 1190.